The molecular weight excluding hydrogens is 348 g/mol. The zero-order chi connectivity index (χ0) is 19.3. The molecule has 4 rings (SSSR count). The number of hydrogen-bond donors (Lipinski definition) is 5. The van der Waals surface area contributed by atoms with Crippen LogP contribution in [0, 0.1) is 0 Å². The summed E-state index contributed by atoms with van der Waals surface area (Å²) in [5.41, 5.74) is 1.63. The van der Waals surface area contributed by atoms with Gasteiger partial charge in [-0.1, -0.05) is 12.1 Å². The number of allylic oxidation sites excluding steroid dienone is 1. The van der Waals surface area contributed by atoms with Gasteiger partial charge in [0, 0.05) is 34.4 Å². The third-order valence-corrected chi connectivity index (χ3v) is 4.42. The molecule has 27 heavy (non-hydrogen) atoms. The first kappa shape index (κ1) is 16.5. The molecule has 0 radical (unpaired) electrons. The van der Waals surface area contributed by atoms with Crippen LogP contribution in [0.4, 0.5) is 0 Å². The fourth-order valence-corrected chi connectivity index (χ4v) is 3.36. The van der Waals surface area contributed by atoms with E-state index in [-0.39, 0.29) is 45.4 Å². The van der Waals surface area contributed by atoms with Gasteiger partial charge >= 0.3 is 0 Å². The topological polar surface area (TPSA) is 118 Å². The molecule has 0 bridgehead atoms. The van der Waals surface area contributed by atoms with Crippen LogP contribution < -0.4 is 0 Å². The summed E-state index contributed by atoms with van der Waals surface area (Å²) < 4.78 is 0. The van der Waals surface area contributed by atoms with Crippen molar-refractivity contribution in [1.29, 1.82) is 0 Å². The Hall–Kier alpha value is -3.93. The number of phenols is 5. The first-order valence-corrected chi connectivity index (χ1v) is 8.03. The SMILES string of the molecule is O=C1C(c2ccc(O)cc2)=C(c2cc(O)cc(O)c2)c2c(O)cc(O)cc21. The highest BCUT2D eigenvalue weighted by molar-refractivity contribution is 6.42. The third-order valence-electron chi connectivity index (χ3n) is 4.42. The van der Waals surface area contributed by atoms with Gasteiger partial charge in [-0.2, -0.15) is 0 Å². The number of hydrogen-bond acceptors (Lipinski definition) is 6. The minimum absolute atomic E-state index is 0.0272. The van der Waals surface area contributed by atoms with Crippen molar-refractivity contribution in [2.45, 2.75) is 0 Å². The van der Waals surface area contributed by atoms with Gasteiger partial charge in [0.25, 0.3) is 0 Å². The van der Waals surface area contributed by atoms with Crippen molar-refractivity contribution in [2.24, 2.45) is 0 Å². The summed E-state index contributed by atoms with van der Waals surface area (Å²) in [5.74, 6) is -1.38. The number of phenolic OH excluding ortho intramolecular Hbond substituents is 5. The molecule has 6 heteroatoms. The van der Waals surface area contributed by atoms with Crippen LogP contribution >= 0.6 is 0 Å². The zero-order valence-electron chi connectivity index (χ0n) is 13.8. The number of carbonyl (C=O) groups excluding carboxylic acids is 1. The van der Waals surface area contributed by atoms with E-state index in [1.54, 1.807) is 12.1 Å². The van der Waals surface area contributed by atoms with Gasteiger partial charge in [0.1, 0.15) is 28.7 Å². The number of aromatic hydroxyl groups is 5. The van der Waals surface area contributed by atoms with E-state index in [1.165, 1.54) is 30.3 Å². The lowest BCUT2D eigenvalue weighted by Crippen LogP contribution is -1.98. The highest BCUT2D eigenvalue weighted by Crippen LogP contribution is 2.48. The molecule has 0 atom stereocenters. The van der Waals surface area contributed by atoms with Gasteiger partial charge in [0.15, 0.2) is 5.78 Å². The molecule has 0 unspecified atom stereocenters. The zero-order valence-corrected chi connectivity index (χ0v) is 13.8. The maximum absolute atomic E-state index is 13.1. The molecule has 0 amide bonds. The summed E-state index contributed by atoms with van der Waals surface area (Å²) in [7, 11) is 0. The van der Waals surface area contributed by atoms with E-state index < -0.39 is 5.78 Å². The molecule has 3 aromatic rings. The minimum atomic E-state index is -0.431. The maximum Gasteiger partial charge on any atom is 0.195 e. The van der Waals surface area contributed by atoms with Crippen molar-refractivity contribution in [3.8, 4) is 28.7 Å². The molecule has 0 spiro atoms. The van der Waals surface area contributed by atoms with E-state index >= 15 is 0 Å². The Balaban J connectivity index is 2.09. The van der Waals surface area contributed by atoms with Gasteiger partial charge in [0.2, 0.25) is 0 Å². The van der Waals surface area contributed by atoms with E-state index in [4.69, 9.17) is 0 Å². The van der Waals surface area contributed by atoms with Crippen LogP contribution in [0.15, 0.2) is 54.6 Å². The molecule has 0 aliphatic heterocycles. The van der Waals surface area contributed by atoms with E-state index in [0.29, 0.717) is 16.7 Å². The van der Waals surface area contributed by atoms with Crippen LogP contribution in [-0.2, 0) is 0 Å². The second-order valence-corrected chi connectivity index (χ2v) is 6.25. The minimum Gasteiger partial charge on any atom is -0.508 e. The highest BCUT2D eigenvalue weighted by Gasteiger charge is 2.34. The summed E-state index contributed by atoms with van der Waals surface area (Å²) in [6, 6.07) is 12.2. The quantitative estimate of drug-likeness (QED) is 0.477. The number of ketones is 1. The van der Waals surface area contributed by atoms with Crippen molar-refractivity contribution < 1.29 is 30.3 Å². The lowest BCUT2D eigenvalue weighted by Gasteiger charge is -2.11. The van der Waals surface area contributed by atoms with Gasteiger partial charge in [-0.15, -0.1) is 0 Å². The van der Waals surface area contributed by atoms with Crippen molar-refractivity contribution in [3.63, 3.8) is 0 Å². The first-order valence-electron chi connectivity index (χ1n) is 8.03. The van der Waals surface area contributed by atoms with Crippen LogP contribution in [0.1, 0.15) is 27.0 Å². The Morgan fingerprint density at radius 3 is 1.78 bits per heavy atom. The summed E-state index contributed by atoms with van der Waals surface area (Å²) in [4.78, 5) is 13.1. The molecule has 134 valence electrons. The van der Waals surface area contributed by atoms with Crippen LogP contribution in [0.3, 0.4) is 0 Å². The normalized spacial score (nSPS) is 13.1. The smallest absolute Gasteiger partial charge is 0.195 e. The second-order valence-electron chi connectivity index (χ2n) is 6.25. The fourth-order valence-electron chi connectivity index (χ4n) is 3.36. The largest absolute Gasteiger partial charge is 0.508 e. The Morgan fingerprint density at radius 1 is 0.556 bits per heavy atom. The average Bonchev–Trinajstić information content (AvgIpc) is 2.88. The summed E-state index contributed by atoms with van der Waals surface area (Å²) in [5, 5.41) is 49.5. The van der Waals surface area contributed by atoms with Gasteiger partial charge < -0.3 is 25.5 Å². The predicted molar refractivity (Wildman–Crippen MR) is 97.9 cm³/mol. The standard InChI is InChI=1S/C21H14O6/c22-12-3-1-10(2-4-12)19-18(11-5-13(23)7-14(24)6-11)20-16(21(19)27)8-15(25)9-17(20)26/h1-9,22-26H. The maximum atomic E-state index is 13.1. The molecule has 5 N–H and O–H groups in total. The number of rotatable bonds is 2. The van der Waals surface area contributed by atoms with E-state index in [0.717, 1.165) is 12.1 Å². The molecule has 0 saturated carbocycles. The molecule has 1 aliphatic carbocycles. The molecule has 3 aromatic carbocycles. The van der Waals surface area contributed by atoms with Crippen molar-refractivity contribution in [2.75, 3.05) is 0 Å². The lowest BCUT2D eigenvalue weighted by molar-refractivity contribution is 0.105. The Labute approximate surface area is 153 Å². The van der Waals surface area contributed by atoms with Gasteiger partial charge in [-0.05, 0) is 41.5 Å². The van der Waals surface area contributed by atoms with Gasteiger partial charge in [0.05, 0.1) is 0 Å². The van der Waals surface area contributed by atoms with Crippen LogP contribution in [0.25, 0.3) is 11.1 Å². The molecule has 0 aromatic heterocycles. The summed E-state index contributed by atoms with van der Waals surface area (Å²) in [6.45, 7) is 0. The number of benzene rings is 3. The number of Topliss-reactive ketones (excluding diaryl/α,β-unsaturated/α-hetero) is 1. The van der Waals surface area contributed by atoms with Crippen molar-refractivity contribution in [3.05, 3.63) is 76.9 Å². The van der Waals surface area contributed by atoms with E-state index in [1.807, 2.05) is 0 Å². The van der Waals surface area contributed by atoms with Crippen LogP contribution in [0.5, 0.6) is 28.7 Å². The van der Waals surface area contributed by atoms with Gasteiger partial charge in [-0.3, -0.25) is 4.79 Å². The highest BCUT2D eigenvalue weighted by atomic mass is 16.3. The predicted octanol–water partition coefficient (Wildman–Crippen LogP) is 3.37. The number of fused-ring (bicyclic) bond motifs is 1. The molecular formula is C21H14O6. The fraction of sp³-hybridized carbons (Fsp3) is 0. The van der Waals surface area contributed by atoms with Crippen LogP contribution in [0.2, 0.25) is 0 Å². The average molecular weight is 362 g/mol. The van der Waals surface area contributed by atoms with Crippen molar-refractivity contribution >= 4 is 16.9 Å². The monoisotopic (exact) mass is 362 g/mol. The van der Waals surface area contributed by atoms with Crippen molar-refractivity contribution in [1.82, 2.24) is 0 Å². The molecule has 0 saturated heterocycles. The molecule has 0 fully saturated rings. The van der Waals surface area contributed by atoms with Crippen LogP contribution in [-0.4, -0.2) is 31.3 Å². The Kier molecular flexibility index (Phi) is 3.56. The summed E-state index contributed by atoms with van der Waals surface area (Å²) in [6.07, 6.45) is 0. The first-order chi connectivity index (χ1) is 12.8. The van der Waals surface area contributed by atoms with E-state index in [2.05, 4.69) is 0 Å². The Morgan fingerprint density at radius 2 is 1.15 bits per heavy atom. The second kappa shape index (κ2) is 5.81. The lowest BCUT2D eigenvalue weighted by atomic mass is 9.93. The third kappa shape index (κ3) is 2.64. The molecule has 6 nitrogen and oxygen atoms in total. The van der Waals surface area contributed by atoms with Gasteiger partial charge in [-0.25, -0.2) is 0 Å². The molecule has 0 heterocycles. The summed E-state index contributed by atoms with van der Waals surface area (Å²) >= 11 is 0. The Bertz CT molecular complexity index is 1110. The van der Waals surface area contributed by atoms with E-state index in [9.17, 15) is 30.3 Å². The number of carbonyl (C=O) groups is 1. The molecule has 1 aliphatic rings.